The van der Waals surface area contributed by atoms with E-state index in [1.54, 1.807) is 6.26 Å². The van der Waals surface area contributed by atoms with E-state index in [1.165, 1.54) is 25.1 Å². The van der Waals surface area contributed by atoms with Crippen LogP contribution < -0.4 is 5.32 Å². The van der Waals surface area contributed by atoms with Crippen LogP contribution in [0.1, 0.15) is 31.6 Å². The SMILES string of the molecule is CCC(C)N1CCN(Cc2occc2CNC)CC1. The van der Waals surface area contributed by atoms with Crippen molar-refractivity contribution in [3.63, 3.8) is 0 Å². The lowest BCUT2D eigenvalue weighted by Gasteiger charge is -2.37. The summed E-state index contributed by atoms with van der Waals surface area (Å²) in [6.07, 6.45) is 3.04. The van der Waals surface area contributed by atoms with Crippen molar-refractivity contribution >= 4 is 0 Å². The largest absolute Gasteiger partial charge is 0.468 e. The van der Waals surface area contributed by atoms with Crippen molar-refractivity contribution in [1.82, 2.24) is 15.1 Å². The van der Waals surface area contributed by atoms with Crippen molar-refractivity contribution in [2.45, 2.75) is 39.4 Å². The first-order chi connectivity index (χ1) is 9.24. The van der Waals surface area contributed by atoms with Gasteiger partial charge in [-0.1, -0.05) is 6.92 Å². The summed E-state index contributed by atoms with van der Waals surface area (Å²) < 4.78 is 5.62. The van der Waals surface area contributed by atoms with Gasteiger partial charge >= 0.3 is 0 Å². The quantitative estimate of drug-likeness (QED) is 0.851. The molecule has 1 unspecified atom stereocenters. The van der Waals surface area contributed by atoms with Gasteiger partial charge in [0, 0.05) is 44.3 Å². The van der Waals surface area contributed by atoms with Crippen molar-refractivity contribution < 1.29 is 4.42 Å². The van der Waals surface area contributed by atoms with Gasteiger partial charge in [0.15, 0.2) is 0 Å². The minimum atomic E-state index is 0.714. The van der Waals surface area contributed by atoms with Gasteiger partial charge in [0.1, 0.15) is 5.76 Å². The third kappa shape index (κ3) is 3.81. The predicted molar refractivity (Wildman–Crippen MR) is 78.1 cm³/mol. The number of piperazine rings is 1. The molecule has 0 aromatic carbocycles. The van der Waals surface area contributed by atoms with E-state index >= 15 is 0 Å². The summed E-state index contributed by atoms with van der Waals surface area (Å²) in [6, 6.07) is 2.78. The zero-order valence-electron chi connectivity index (χ0n) is 12.5. The average molecular weight is 265 g/mol. The molecule has 1 atom stereocenters. The molecule has 0 saturated carbocycles. The van der Waals surface area contributed by atoms with Crippen LogP contribution in [0.4, 0.5) is 0 Å². The fourth-order valence-electron chi connectivity index (χ4n) is 2.68. The van der Waals surface area contributed by atoms with Gasteiger partial charge in [-0.3, -0.25) is 9.80 Å². The van der Waals surface area contributed by atoms with Crippen LogP contribution in [0.15, 0.2) is 16.7 Å². The second-order valence-electron chi connectivity index (χ2n) is 5.47. The molecule has 1 aromatic heterocycles. The lowest BCUT2D eigenvalue weighted by Crippen LogP contribution is -2.49. The molecule has 1 N–H and O–H groups in total. The van der Waals surface area contributed by atoms with Gasteiger partial charge in [-0.05, 0) is 26.5 Å². The fraction of sp³-hybridized carbons (Fsp3) is 0.733. The maximum absolute atomic E-state index is 5.62. The van der Waals surface area contributed by atoms with Crippen LogP contribution in [0.2, 0.25) is 0 Å². The zero-order chi connectivity index (χ0) is 13.7. The van der Waals surface area contributed by atoms with Crippen molar-refractivity contribution in [1.29, 1.82) is 0 Å². The van der Waals surface area contributed by atoms with E-state index in [2.05, 4.69) is 35.0 Å². The molecule has 19 heavy (non-hydrogen) atoms. The normalized spacial score (nSPS) is 19.7. The maximum atomic E-state index is 5.62. The third-order valence-electron chi connectivity index (χ3n) is 4.19. The first-order valence-corrected chi connectivity index (χ1v) is 7.40. The van der Waals surface area contributed by atoms with E-state index < -0.39 is 0 Å². The Balaban J connectivity index is 1.83. The molecule has 4 nitrogen and oxygen atoms in total. The van der Waals surface area contributed by atoms with E-state index in [-0.39, 0.29) is 0 Å². The Morgan fingerprint density at radius 2 is 2.05 bits per heavy atom. The van der Waals surface area contributed by atoms with Gasteiger partial charge in [-0.15, -0.1) is 0 Å². The van der Waals surface area contributed by atoms with Gasteiger partial charge < -0.3 is 9.73 Å². The fourth-order valence-corrected chi connectivity index (χ4v) is 2.68. The van der Waals surface area contributed by atoms with Crippen LogP contribution >= 0.6 is 0 Å². The molecule has 1 aromatic rings. The summed E-state index contributed by atoms with van der Waals surface area (Å²) in [5, 5.41) is 3.19. The smallest absolute Gasteiger partial charge is 0.122 e. The number of nitrogens with zero attached hydrogens (tertiary/aromatic N) is 2. The number of rotatable bonds is 6. The monoisotopic (exact) mass is 265 g/mol. The number of furan rings is 1. The van der Waals surface area contributed by atoms with E-state index in [0.29, 0.717) is 6.04 Å². The van der Waals surface area contributed by atoms with Gasteiger partial charge in [0.25, 0.3) is 0 Å². The maximum Gasteiger partial charge on any atom is 0.122 e. The zero-order valence-corrected chi connectivity index (χ0v) is 12.5. The summed E-state index contributed by atoms with van der Waals surface area (Å²) in [5.41, 5.74) is 1.28. The molecule has 0 amide bonds. The topological polar surface area (TPSA) is 31.6 Å². The Labute approximate surface area is 116 Å². The van der Waals surface area contributed by atoms with Crippen LogP contribution in [-0.4, -0.2) is 49.1 Å². The highest BCUT2D eigenvalue weighted by Gasteiger charge is 2.21. The predicted octanol–water partition coefficient (Wildman–Crippen LogP) is 1.92. The molecule has 2 rings (SSSR count). The summed E-state index contributed by atoms with van der Waals surface area (Å²) in [5.74, 6) is 1.12. The second kappa shape index (κ2) is 7.08. The molecule has 1 saturated heterocycles. The van der Waals surface area contributed by atoms with Crippen molar-refractivity contribution in [3.8, 4) is 0 Å². The van der Waals surface area contributed by atoms with Gasteiger partial charge in [0.2, 0.25) is 0 Å². The summed E-state index contributed by atoms with van der Waals surface area (Å²) in [4.78, 5) is 5.09. The van der Waals surface area contributed by atoms with Crippen LogP contribution in [0.25, 0.3) is 0 Å². The molecule has 0 bridgehead atoms. The standard InChI is InChI=1S/C15H27N3O/c1-4-13(2)18-8-6-17(7-9-18)12-15-14(11-16-3)5-10-19-15/h5,10,13,16H,4,6-9,11-12H2,1-3H3. The molecule has 2 heterocycles. The Kier molecular flexibility index (Phi) is 5.43. The Bertz CT molecular complexity index is 369. The van der Waals surface area contributed by atoms with Crippen LogP contribution in [0.5, 0.6) is 0 Å². The first-order valence-electron chi connectivity index (χ1n) is 7.40. The van der Waals surface area contributed by atoms with E-state index in [0.717, 1.165) is 31.9 Å². The van der Waals surface area contributed by atoms with Crippen LogP contribution in [0.3, 0.4) is 0 Å². The molecular formula is C15H27N3O. The highest BCUT2D eigenvalue weighted by molar-refractivity contribution is 5.16. The van der Waals surface area contributed by atoms with Gasteiger partial charge in [0.05, 0.1) is 12.8 Å². The third-order valence-corrected chi connectivity index (χ3v) is 4.19. The molecule has 0 radical (unpaired) electrons. The molecule has 4 heteroatoms. The average Bonchev–Trinajstić information content (AvgIpc) is 2.86. The van der Waals surface area contributed by atoms with Gasteiger partial charge in [-0.25, -0.2) is 0 Å². The highest BCUT2D eigenvalue weighted by Crippen LogP contribution is 2.16. The Morgan fingerprint density at radius 1 is 1.32 bits per heavy atom. The van der Waals surface area contributed by atoms with Gasteiger partial charge in [-0.2, -0.15) is 0 Å². The lowest BCUT2D eigenvalue weighted by atomic mass is 10.1. The summed E-state index contributed by atoms with van der Waals surface area (Å²) in [7, 11) is 1.97. The minimum Gasteiger partial charge on any atom is -0.468 e. The van der Waals surface area contributed by atoms with E-state index in [4.69, 9.17) is 4.42 Å². The molecule has 1 fully saturated rings. The Hall–Kier alpha value is -0.840. The van der Waals surface area contributed by atoms with E-state index in [1.807, 2.05) is 7.05 Å². The van der Waals surface area contributed by atoms with E-state index in [9.17, 15) is 0 Å². The Morgan fingerprint density at radius 3 is 2.68 bits per heavy atom. The highest BCUT2D eigenvalue weighted by atomic mass is 16.3. The molecular weight excluding hydrogens is 238 g/mol. The van der Waals surface area contributed by atoms with Crippen LogP contribution in [0, 0.1) is 0 Å². The number of hydrogen-bond donors (Lipinski definition) is 1. The molecule has 0 spiro atoms. The number of nitrogens with one attached hydrogen (secondary N) is 1. The van der Waals surface area contributed by atoms with Crippen molar-refractivity contribution in [2.75, 3.05) is 33.2 Å². The second-order valence-corrected chi connectivity index (χ2v) is 5.47. The molecule has 108 valence electrons. The lowest BCUT2D eigenvalue weighted by molar-refractivity contribution is 0.0917. The summed E-state index contributed by atoms with van der Waals surface area (Å²) in [6.45, 7) is 11.1. The first kappa shape index (κ1) is 14.6. The molecule has 0 aliphatic carbocycles. The van der Waals surface area contributed by atoms with Crippen molar-refractivity contribution in [2.24, 2.45) is 0 Å². The minimum absolute atomic E-state index is 0.714. The summed E-state index contributed by atoms with van der Waals surface area (Å²) >= 11 is 0. The van der Waals surface area contributed by atoms with Crippen molar-refractivity contribution in [3.05, 3.63) is 23.7 Å². The molecule has 1 aliphatic rings. The van der Waals surface area contributed by atoms with Crippen LogP contribution in [-0.2, 0) is 13.1 Å². The molecule has 1 aliphatic heterocycles. The number of hydrogen-bond acceptors (Lipinski definition) is 4.